The quantitative estimate of drug-likeness (QED) is 0.607. The third kappa shape index (κ3) is 6.56. The number of rotatable bonds is 7. The molecule has 1 amide bonds. The molecule has 0 bridgehead atoms. The maximum atomic E-state index is 14.4. The highest BCUT2D eigenvalue weighted by Crippen LogP contribution is 2.31. The van der Waals surface area contributed by atoms with Gasteiger partial charge in [-0.3, -0.25) is 14.2 Å². The number of halogens is 1. The van der Waals surface area contributed by atoms with Crippen LogP contribution in [0.5, 0.6) is 0 Å². The minimum absolute atomic E-state index is 0.0920. The van der Waals surface area contributed by atoms with Crippen LogP contribution in [0.15, 0.2) is 24.3 Å². The van der Waals surface area contributed by atoms with Crippen molar-refractivity contribution in [1.82, 2.24) is 15.1 Å². The Hall–Kier alpha value is -2.42. The second-order valence-corrected chi connectivity index (χ2v) is 11.8. The Bertz CT molecular complexity index is 1100. The monoisotopic (exact) mass is 478 g/mol. The molecular formula is C24H35FN4O3S. The Morgan fingerprint density at radius 1 is 1.21 bits per heavy atom. The van der Waals surface area contributed by atoms with Crippen molar-refractivity contribution >= 4 is 21.6 Å². The lowest BCUT2D eigenvalue weighted by atomic mass is 9.92. The van der Waals surface area contributed by atoms with Crippen molar-refractivity contribution in [3.8, 4) is 0 Å². The van der Waals surface area contributed by atoms with Crippen molar-refractivity contribution in [3.63, 3.8) is 0 Å². The van der Waals surface area contributed by atoms with Crippen LogP contribution in [0.3, 0.4) is 0 Å². The number of carbonyl (C=O) groups is 1. The second-order valence-electron chi connectivity index (χ2n) is 10.1. The number of hydrogen-bond donors (Lipinski definition) is 2. The maximum absolute atomic E-state index is 14.4. The molecule has 1 atom stereocenters. The van der Waals surface area contributed by atoms with Crippen molar-refractivity contribution in [1.29, 1.82) is 0 Å². The SMILES string of the molecule is CC(C(=O)NCc1cc(C(C)(C)C)nn1C1CCCCC1)c1ccc(NS(C)(=O)=O)c(F)c1. The van der Waals surface area contributed by atoms with E-state index in [1.807, 2.05) is 0 Å². The summed E-state index contributed by atoms with van der Waals surface area (Å²) in [6, 6.07) is 6.52. The summed E-state index contributed by atoms with van der Waals surface area (Å²) in [6.45, 7) is 8.43. The minimum atomic E-state index is -3.59. The molecule has 1 aromatic heterocycles. The Labute approximate surface area is 196 Å². The summed E-state index contributed by atoms with van der Waals surface area (Å²) in [5.74, 6) is -1.55. The zero-order chi connectivity index (χ0) is 24.4. The molecule has 1 aliphatic carbocycles. The van der Waals surface area contributed by atoms with Gasteiger partial charge in [0.15, 0.2) is 0 Å². The predicted molar refractivity (Wildman–Crippen MR) is 128 cm³/mol. The van der Waals surface area contributed by atoms with Crippen LogP contribution < -0.4 is 10.0 Å². The second kappa shape index (κ2) is 9.83. The fraction of sp³-hybridized carbons (Fsp3) is 0.583. The summed E-state index contributed by atoms with van der Waals surface area (Å²) in [6.07, 6.45) is 6.77. The van der Waals surface area contributed by atoms with Gasteiger partial charge in [-0.25, -0.2) is 12.8 Å². The number of anilines is 1. The standard InChI is InChI=1S/C24H35FN4O3S/c1-16(17-11-12-21(20(25)13-17)28-33(5,31)32)23(30)26-15-19-14-22(24(2,3)4)27-29(19)18-9-7-6-8-10-18/h11-14,16,18,28H,6-10,15H2,1-5H3,(H,26,30). The zero-order valence-electron chi connectivity index (χ0n) is 20.1. The number of nitrogens with one attached hydrogen (secondary N) is 2. The first-order valence-corrected chi connectivity index (χ1v) is 13.4. The van der Waals surface area contributed by atoms with Gasteiger partial charge in [0.2, 0.25) is 15.9 Å². The Balaban J connectivity index is 1.73. The van der Waals surface area contributed by atoms with E-state index in [1.54, 1.807) is 13.0 Å². The third-order valence-electron chi connectivity index (χ3n) is 6.13. The molecule has 3 rings (SSSR count). The van der Waals surface area contributed by atoms with E-state index >= 15 is 0 Å². The lowest BCUT2D eigenvalue weighted by Crippen LogP contribution is -2.29. The number of amides is 1. The van der Waals surface area contributed by atoms with Gasteiger partial charge in [-0.1, -0.05) is 46.1 Å². The van der Waals surface area contributed by atoms with Gasteiger partial charge in [-0.2, -0.15) is 5.10 Å². The van der Waals surface area contributed by atoms with Crippen molar-refractivity contribution in [2.24, 2.45) is 0 Å². The summed E-state index contributed by atoms with van der Waals surface area (Å²) in [5.41, 5.74) is 2.22. The molecule has 1 heterocycles. The van der Waals surface area contributed by atoms with Crippen LogP contribution in [-0.2, 0) is 26.8 Å². The topological polar surface area (TPSA) is 93.1 Å². The molecule has 2 aromatic rings. The van der Waals surface area contributed by atoms with Crippen LogP contribution in [-0.4, -0.2) is 30.4 Å². The first-order valence-electron chi connectivity index (χ1n) is 11.5. The molecule has 2 N–H and O–H groups in total. The van der Waals surface area contributed by atoms with Crippen LogP contribution in [0.2, 0.25) is 0 Å². The van der Waals surface area contributed by atoms with Gasteiger partial charge in [-0.15, -0.1) is 0 Å². The van der Waals surface area contributed by atoms with Crippen LogP contribution in [0.1, 0.15) is 88.7 Å². The molecule has 0 aliphatic heterocycles. The fourth-order valence-corrected chi connectivity index (χ4v) is 4.70. The van der Waals surface area contributed by atoms with E-state index in [0.717, 1.165) is 30.5 Å². The Kier molecular flexibility index (Phi) is 7.51. The molecule has 0 spiro atoms. The highest BCUT2D eigenvalue weighted by Gasteiger charge is 2.25. The molecule has 0 radical (unpaired) electrons. The number of sulfonamides is 1. The molecule has 9 heteroatoms. The summed E-state index contributed by atoms with van der Waals surface area (Å²) in [4.78, 5) is 12.9. The molecule has 7 nitrogen and oxygen atoms in total. The van der Waals surface area contributed by atoms with Crippen LogP contribution in [0, 0.1) is 5.82 Å². The van der Waals surface area contributed by atoms with E-state index in [0.29, 0.717) is 18.2 Å². The third-order valence-corrected chi connectivity index (χ3v) is 6.72. The summed E-state index contributed by atoms with van der Waals surface area (Å²) in [5, 5.41) is 7.88. The van der Waals surface area contributed by atoms with Gasteiger partial charge < -0.3 is 5.32 Å². The molecule has 1 aliphatic rings. The van der Waals surface area contributed by atoms with Crippen LogP contribution in [0.25, 0.3) is 0 Å². The average molecular weight is 479 g/mol. The van der Waals surface area contributed by atoms with E-state index in [2.05, 4.69) is 41.6 Å². The number of aromatic nitrogens is 2. The fourth-order valence-electron chi connectivity index (χ4n) is 4.14. The average Bonchev–Trinajstić information content (AvgIpc) is 3.17. The van der Waals surface area contributed by atoms with Crippen molar-refractivity contribution in [2.75, 3.05) is 11.0 Å². The molecule has 1 unspecified atom stereocenters. The van der Waals surface area contributed by atoms with Crippen molar-refractivity contribution in [3.05, 3.63) is 47.0 Å². The predicted octanol–water partition coefficient (Wildman–Crippen LogP) is 4.62. The largest absolute Gasteiger partial charge is 0.350 e. The molecule has 1 fully saturated rings. The van der Waals surface area contributed by atoms with Gasteiger partial charge in [0.25, 0.3) is 0 Å². The molecular weight excluding hydrogens is 443 g/mol. The lowest BCUT2D eigenvalue weighted by Gasteiger charge is -2.24. The van der Waals surface area contributed by atoms with Gasteiger partial charge in [0.05, 0.1) is 41.8 Å². The van der Waals surface area contributed by atoms with Gasteiger partial charge >= 0.3 is 0 Å². The van der Waals surface area contributed by atoms with E-state index in [1.165, 1.54) is 31.4 Å². The normalized spacial score (nSPS) is 16.4. The van der Waals surface area contributed by atoms with Crippen molar-refractivity contribution < 1.29 is 17.6 Å². The summed E-state index contributed by atoms with van der Waals surface area (Å²) >= 11 is 0. The Morgan fingerprint density at radius 3 is 2.45 bits per heavy atom. The summed E-state index contributed by atoms with van der Waals surface area (Å²) in [7, 11) is -3.59. The van der Waals surface area contributed by atoms with Crippen LogP contribution >= 0.6 is 0 Å². The lowest BCUT2D eigenvalue weighted by molar-refractivity contribution is -0.122. The van der Waals surface area contributed by atoms with E-state index in [4.69, 9.17) is 5.10 Å². The van der Waals surface area contributed by atoms with E-state index in [9.17, 15) is 17.6 Å². The highest BCUT2D eigenvalue weighted by atomic mass is 32.2. The number of nitrogens with zero attached hydrogens (tertiary/aromatic N) is 2. The Morgan fingerprint density at radius 2 is 1.88 bits per heavy atom. The molecule has 33 heavy (non-hydrogen) atoms. The summed E-state index contributed by atoms with van der Waals surface area (Å²) < 4.78 is 41.3. The van der Waals surface area contributed by atoms with E-state index in [-0.39, 0.29) is 17.0 Å². The molecule has 182 valence electrons. The number of hydrogen-bond acceptors (Lipinski definition) is 4. The molecule has 1 aromatic carbocycles. The minimum Gasteiger partial charge on any atom is -0.350 e. The van der Waals surface area contributed by atoms with Gasteiger partial charge in [0, 0.05) is 5.41 Å². The van der Waals surface area contributed by atoms with E-state index < -0.39 is 21.8 Å². The smallest absolute Gasteiger partial charge is 0.229 e. The first kappa shape index (κ1) is 25.2. The van der Waals surface area contributed by atoms with Gasteiger partial charge in [-0.05, 0) is 43.5 Å². The van der Waals surface area contributed by atoms with Crippen LogP contribution in [0.4, 0.5) is 10.1 Å². The maximum Gasteiger partial charge on any atom is 0.229 e. The highest BCUT2D eigenvalue weighted by molar-refractivity contribution is 7.92. The number of carbonyl (C=O) groups excluding carboxylic acids is 1. The zero-order valence-corrected chi connectivity index (χ0v) is 20.9. The first-order chi connectivity index (χ1) is 15.3. The molecule has 0 saturated heterocycles. The van der Waals surface area contributed by atoms with Crippen molar-refractivity contribution in [2.45, 2.75) is 83.7 Å². The number of benzene rings is 1. The van der Waals surface area contributed by atoms with Gasteiger partial charge in [0.1, 0.15) is 5.82 Å². The molecule has 1 saturated carbocycles.